The van der Waals surface area contributed by atoms with Gasteiger partial charge in [0.2, 0.25) is 0 Å². The minimum atomic E-state index is -0.422. The van der Waals surface area contributed by atoms with Crippen LogP contribution < -0.4 is 11.2 Å². The highest BCUT2D eigenvalue weighted by atomic mass is 16.2. The molecule has 1 aromatic carbocycles. The fourth-order valence-corrected chi connectivity index (χ4v) is 5.23. The maximum atomic E-state index is 13.1. The molecule has 1 aliphatic heterocycles. The predicted molar refractivity (Wildman–Crippen MR) is 137 cm³/mol. The molecule has 1 N–H and O–H groups in total. The predicted octanol–water partition coefficient (Wildman–Crippen LogP) is 3.66. The Balaban J connectivity index is 1.59. The number of nitrogens with one attached hydrogen (secondary N) is 1. The molecule has 1 aliphatic rings. The quantitative estimate of drug-likeness (QED) is 0.423. The third-order valence-electron chi connectivity index (χ3n) is 7.11. The molecule has 0 unspecified atom stereocenters. The first-order chi connectivity index (χ1) is 16.9. The molecule has 35 heavy (non-hydrogen) atoms. The molecule has 0 bridgehead atoms. The summed E-state index contributed by atoms with van der Waals surface area (Å²) in [5.41, 5.74) is 2.46. The number of likely N-dealkylation sites (tertiary alicyclic amines) is 1. The molecule has 1 saturated heterocycles. The van der Waals surface area contributed by atoms with Gasteiger partial charge >= 0.3 is 5.69 Å². The van der Waals surface area contributed by atoms with Crippen molar-refractivity contribution in [3.8, 4) is 0 Å². The van der Waals surface area contributed by atoms with Gasteiger partial charge in [-0.15, -0.1) is 0 Å². The summed E-state index contributed by atoms with van der Waals surface area (Å²) in [6, 6.07) is 14.4. The van der Waals surface area contributed by atoms with Crippen molar-refractivity contribution in [2.45, 2.75) is 58.8 Å². The lowest BCUT2D eigenvalue weighted by Gasteiger charge is -2.25. The molecule has 0 amide bonds. The molecule has 3 aromatic heterocycles. The lowest BCUT2D eigenvalue weighted by atomic mass is 10.1. The number of aryl methyl sites for hydroxylation is 2. The number of H-pyrrole nitrogens is 1. The van der Waals surface area contributed by atoms with Gasteiger partial charge in [-0.2, -0.15) is 0 Å². The van der Waals surface area contributed by atoms with E-state index >= 15 is 0 Å². The monoisotopic (exact) mass is 474 g/mol. The zero-order valence-electron chi connectivity index (χ0n) is 20.8. The van der Waals surface area contributed by atoms with Crippen molar-refractivity contribution in [3.63, 3.8) is 0 Å². The van der Waals surface area contributed by atoms with Crippen LogP contribution in [0.2, 0.25) is 0 Å². The van der Waals surface area contributed by atoms with Gasteiger partial charge < -0.3 is 9.13 Å². The van der Waals surface area contributed by atoms with Crippen molar-refractivity contribution in [1.82, 2.24) is 28.6 Å². The van der Waals surface area contributed by atoms with Crippen molar-refractivity contribution < 1.29 is 0 Å². The molecule has 0 aliphatic carbocycles. The Hall–Kier alpha value is -3.39. The highest BCUT2D eigenvalue weighted by molar-refractivity contribution is 5.71. The molecule has 8 nitrogen and oxygen atoms in total. The Morgan fingerprint density at radius 3 is 2.57 bits per heavy atom. The summed E-state index contributed by atoms with van der Waals surface area (Å²) >= 11 is 0. The second kappa shape index (κ2) is 9.70. The molecule has 0 spiro atoms. The molecule has 8 heteroatoms. The van der Waals surface area contributed by atoms with Crippen LogP contribution in [0.3, 0.4) is 0 Å². The van der Waals surface area contributed by atoms with Crippen LogP contribution in [0.25, 0.3) is 11.2 Å². The summed E-state index contributed by atoms with van der Waals surface area (Å²) in [6.07, 6.45) is 5.24. The summed E-state index contributed by atoms with van der Waals surface area (Å²) < 4.78 is 5.84. The average molecular weight is 475 g/mol. The molecule has 184 valence electrons. The van der Waals surface area contributed by atoms with Crippen molar-refractivity contribution in [1.29, 1.82) is 0 Å². The van der Waals surface area contributed by atoms with Crippen LogP contribution in [0.5, 0.6) is 0 Å². The van der Waals surface area contributed by atoms with Crippen LogP contribution in [-0.4, -0.2) is 35.1 Å². The van der Waals surface area contributed by atoms with Crippen molar-refractivity contribution in [2.24, 2.45) is 13.0 Å². The summed E-state index contributed by atoms with van der Waals surface area (Å²) in [6.45, 7) is 7.04. The Morgan fingerprint density at radius 1 is 1.06 bits per heavy atom. The lowest BCUT2D eigenvalue weighted by molar-refractivity contribution is 0.231. The van der Waals surface area contributed by atoms with E-state index in [0.29, 0.717) is 42.8 Å². The van der Waals surface area contributed by atoms with E-state index in [1.807, 2.05) is 30.3 Å². The number of aromatic amines is 1. The van der Waals surface area contributed by atoms with Crippen LogP contribution in [0, 0.1) is 5.92 Å². The topological polar surface area (TPSA) is 80.8 Å². The molecule has 5 rings (SSSR count). The van der Waals surface area contributed by atoms with Gasteiger partial charge in [-0.05, 0) is 49.4 Å². The fourth-order valence-electron chi connectivity index (χ4n) is 5.23. The fraction of sp³-hybridized carbons (Fsp3) is 0.444. The Morgan fingerprint density at radius 2 is 1.86 bits per heavy atom. The molecule has 1 atom stereocenters. The minimum absolute atomic E-state index is 0.318. The maximum absolute atomic E-state index is 13.1. The Kier molecular flexibility index (Phi) is 6.47. The van der Waals surface area contributed by atoms with E-state index in [-0.39, 0.29) is 5.56 Å². The summed E-state index contributed by atoms with van der Waals surface area (Å²) in [7, 11) is 2.09. The number of hydrogen-bond donors (Lipinski definition) is 1. The van der Waals surface area contributed by atoms with Crippen molar-refractivity contribution in [2.75, 3.05) is 6.54 Å². The molecular weight excluding hydrogens is 440 g/mol. The molecule has 4 aromatic rings. The number of rotatable bonds is 8. The maximum Gasteiger partial charge on any atom is 0.330 e. The van der Waals surface area contributed by atoms with Crippen LogP contribution >= 0.6 is 0 Å². The van der Waals surface area contributed by atoms with E-state index in [1.165, 1.54) is 5.69 Å². The zero-order chi connectivity index (χ0) is 24.5. The van der Waals surface area contributed by atoms with Crippen LogP contribution in [0.4, 0.5) is 0 Å². The normalized spacial score (nSPS) is 16.6. The van der Waals surface area contributed by atoms with Gasteiger partial charge in [-0.25, -0.2) is 9.78 Å². The molecule has 1 fully saturated rings. The summed E-state index contributed by atoms with van der Waals surface area (Å²) in [5.74, 6) is 1.33. The number of fused-ring (bicyclic) bond motifs is 1. The lowest BCUT2D eigenvalue weighted by Crippen LogP contribution is -2.31. The van der Waals surface area contributed by atoms with Gasteiger partial charge in [-0.1, -0.05) is 44.2 Å². The highest BCUT2D eigenvalue weighted by Crippen LogP contribution is 2.33. The van der Waals surface area contributed by atoms with Crippen LogP contribution in [0.1, 0.15) is 56.2 Å². The average Bonchev–Trinajstić information content (AvgIpc) is 3.55. The van der Waals surface area contributed by atoms with Gasteiger partial charge in [0, 0.05) is 25.5 Å². The number of nitrogens with zero attached hydrogens (tertiary/aromatic N) is 5. The second-order valence-corrected chi connectivity index (χ2v) is 10.0. The first-order valence-electron chi connectivity index (χ1n) is 12.5. The number of aromatic nitrogens is 5. The van der Waals surface area contributed by atoms with Crippen molar-refractivity contribution in [3.05, 3.63) is 86.6 Å². The third kappa shape index (κ3) is 4.62. The Bertz CT molecular complexity index is 1430. The largest absolute Gasteiger partial charge is 0.353 e. The molecule has 4 heterocycles. The second-order valence-electron chi connectivity index (χ2n) is 10.0. The van der Waals surface area contributed by atoms with E-state index in [4.69, 9.17) is 4.98 Å². The minimum Gasteiger partial charge on any atom is -0.353 e. The zero-order valence-corrected chi connectivity index (χ0v) is 20.8. The van der Waals surface area contributed by atoms with Gasteiger partial charge in [0.25, 0.3) is 5.56 Å². The van der Waals surface area contributed by atoms with E-state index in [9.17, 15) is 9.59 Å². The first kappa shape index (κ1) is 23.4. The van der Waals surface area contributed by atoms with Gasteiger partial charge in [0.15, 0.2) is 11.2 Å². The molecular formula is C27H34N6O2. The van der Waals surface area contributed by atoms with E-state index in [1.54, 1.807) is 4.57 Å². The summed E-state index contributed by atoms with van der Waals surface area (Å²) in [5, 5.41) is 0. The van der Waals surface area contributed by atoms with E-state index in [0.717, 1.165) is 37.2 Å². The molecule has 0 saturated carbocycles. The SMILES string of the molecule is CC(C)CCn1c(CN2CCC[C@H]2c2cccn2C)nc2c1c(=O)[nH]c(=O)n2Cc1ccccc1. The van der Waals surface area contributed by atoms with E-state index in [2.05, 4.69) is 58.2 Å². The number of imidazole rings is 1. The highest BCUT2D eigenvalue weighted by Gasteiger charge is 2.30. The van der Waals surface area contributed by atoms with Crippen LogP contribution in [-0.2, 0) is 26.7 Å². The standard InChI is InChI=1S/C27H34N6O2/c1-19(2)13-16-32-23(18-31-15-8-12-22(31)21-11-7-14-30(21)3)28-25-24(32)26(34)29-27(35)33(25)17-20-9-5-4-6-10-20/h4-7,9-11,14,19,22H,8,12-13,15-18H2,1-3H3,(H,29,34,35)/t22-/m0/s1. The third-order valence-corrected chi connectivity index (χ3v) is 7.11. The summed E-state index contributed by atoms with van der Waals surface area (Å²) in [4.78, 5) is 35.9. The number of hydrogen-bond acceptors (Lipinski definition) is 4. The van der Waals surface area contributed by atoms with E-state index < -0.39 is 5.69 Å². The van der Waals surface area contributed by atoms with Gasteiger partial charge in [-0.3, -0.25) is 19.2 Å². The van der Waals surface area contributed by atoms with Crippen molar-refractivity contribution >= 4 is 11.2 Å². The Labute approximate surface area is 204 Å². The smallest absolute Gasteiger partial charge is 0.330 e. The first-order valence-corrected chi connectivity index (χ1v) is 12.5. The van der Waals surface area contributed by atoms with Crippen LogP contribution in [0.15, 0.2) is 58.3 Å². The molecule has 0 radical (unpaired) electrons. The van der Waals surface area contributed by atoms with Gasteiger partial charge in [0.05, 0.1) is 19.1 Å². The number of benzene rings is 1. The van der Waals surface area contributed by atoms with Gasteiger partial charge in [0.1, 0.15) is 5.82 Å².